The summed E-state index contributed by atoms with van der Waals surface area (Å²) in [5.41, 5.74) is 0. The van der Waals surface area contributed by atoms with Gasteiger partial charge in [0.25, 0.3) is 0 Å². The van der Waals surface area contributed by atoms with Crippen LogP contribution in [-0.4, -0.2) is 44.7 Å². The van der Waals surface area contributed by atoms with Gasteiger partial charge in [-0.15, -0.1) is 24.0 Å². The van der Waals surface area contributed by atoms with Crippen LogP contribution in [0.15, 0.2) is 23.2 Å². The standard InChI is InChI=1S/C15H23F2N3O.HI/c1-4-5-9-20(3)15(18-2)19-8-10-21-12-6-7-13(16)14(17)11-12;/h6-7,11H,4-5,8-10H2,1-3H3,(H,18,19);1H. The summed E-state index contributed by atoms with van der Waals surface area (Å²) in [6, 6.07) is 3.49. The fourth-order valence-electron chi connectivity index (χ4n) is 1.78. The number of halogens is 3. The van der Waals surface area contributed by atoms with Crippen molar-refractivity contribution in [1.82, 2.24) is 10.2 Å². The lowest BCUT2D eigenvalue weighted by Gasteiger charge is -2.21. The number of nitrogens with zero attached hydrogens (tertiary/aromatic N) is 2. The lowest BCUT2D eigenvalue weighted by molar-refractivity contribution is 0.316. The summed E-state index contributed by atoms with van der Waals surface area (Å²) in [5.74, 6) is -0.684. The number of guanidine groups is 1. The molecule has 0 saturated carbocycles. The van der Waals surface area contributed by atoms with Crippen molar-refractivity contribution in [3.8, 4) is 5.75 Å². The molecule has 1 rings (SSSR count). The van der Waals surface area contributed by atoms with Crippen molar-refractivity contribution < 1.29 is 13.5 Å². The fourth-order valence-corrected chi connectivity index (χ4v) is 1.78. The first-order valence-electron chi connectivity index (χ1n) is 7.08. The van der Waals surface area contributed by atoms with Crippen LogP contribution in [0.1, 0.15) is 19.8 Å². The molecule has 0 radical (unpaired) electrons. The largest absolute Gasteiger partial charge is 0.492 e. The molecular formula is C15H24F2IN3O. The van der Waals surface area contributed by atoms with Gasteiger partial charge in [-0.05, 0) is 18.6 Å². The Labute approximate surface area is 148 Å². The topological polar surface area (TPSA) is 36.9 Å². The van der Waals surface area contributed by atoms with Crippen molar-refractivity contribution in [3.05, 3.63) is 29.8 Å². The van der Waals surface area contributed by atoms with Crippen LogP contribution < -0.4 is 10.1 Å². The molecule has 1 N–H and O–H groups in total. The number of hydrogen-bond donors (Lipinski definition) is 1. The molecule has 0 unspecified atom stereocenters. The summed E-state index contributed by atoms with van der Waals surface area (Å²) < 4.78 is 31.1. The van der Waals surface area contributed by atoms with Crippen molar-refractivity contribution in [2.45, 2.75) is 19.8 Å². The second kappa shape index (κ2) is 11.4. The SMILES string of the molecule is CCCCN(C)C(=NC)NCCOc1ccc(F)c(F)c1.I. The molecule has 0 saturated heterocycles. The van der Waals surface area contributed by atoms with Gasteiger partial charge in [0, 0.05) is 26.7 Å². The summed E-state index contributed by atoms with van der Waals surface area (Å²) in [7, 11) is 3.70. The molecule has 0 spiro atoms. The summed E-state index contributed by atoms with van der Waals surface area (Å²) in [5, 5.41) is 3.16. The summed E-state index contributed by atoms with van der Waals surface area (Å²) >= 11 is 0. The van der Waals surface area contributed by atoms with Gasteiger partial charge >= 0.3 is 0 Å². The summed E-state index contributed by atoms with van der Waals surface area (Å²) in [6.45, 7) is 3.94. The van der Waals surface area contributed by atoms with Crippen LogP contribution in [-0.2, 0) is 0 Å². The molecule has 0 fully saturated rings. The maximum absolute atomic E-state index is 13.0. The molecule has 1 aromatic carbocycles. The Morgan fingerprint density at radius 3 is 2.64 bits per heavy atom. The zero-order chi connectivity index (χ0) is 15.7. The summed E-state index contributed by atoms with van der Waals surface area (Å²) in [6.07, 6.45) is 2.23. The Balaban J connectivity index is 0.00000441. The Morgan fingerprint density at radius 2 is 2.05 bits per heavy atom. The van der Waals surface area contributed by atoms with Crippen molar-refractivity contribution in [2.75, 3.05) is 33.8 Å². The highest BCUT2D eigenvalue weighted by Crippen LogP contribution is 2.14. The molecule has 0 amide bonds. The first-order chi connectivity index (χ1) is 10.1. The van der Waals surface area contributed by atoms with E-state index in [2.05, 4.69) is 17.2 Å². The minimum Gasteiger partial charge on any atom is -0.492 e. The Bertz CT molecular complexity index is 472. The Hall–Kier alpha value is -1.12. The van der Waals surface area contributed by atoms with Crippen LogP contribution in [0.4, 0.5) is 8.78 Å². The maximum Gasteiger partial charge on any atom is 0.193 e. The average Bonchev–Trinajstić information content (AvgIpc) is 2.48. The highest BCUT2D eigenvalue weighted by Gasteiger charge is 2.05. The van der Waals surface area contributed by atoms with E-state index in [4.69, 9.17) is 4.74 Å². The average molecular weight is 427 g/mol. The van der Waals surface area contributed by atoms with Gasteiger partial charge in [-0.2, -0.15) is 0 Å². The third-order valence-electron chi connectivity index (χ3n) is 2.97. The summed E-state index contributed by atoms with van der Waals surface area (Å²) in [4.78, 5) is 6.22. The van der Waals surface area contributed by atoms with Crippen LogP contribution in [0.2, 0.25) is 0 Å². The van der Waals surface area contributed by atoms with Crippen LogP contribution in [0.25, 0.3) is 0 Å². The van der Waals surface area contributed by atoms with Gasteiger partial charge in [0.2, 0.25) is 0 Å². The molecule has 0 atom stereocenters. The molecule has 7 heteroatoms. The van der Waals surface area contributed by atoms with Gasteiger partial charge in [-0.25, -0.2) is 8.78 Å². The van der Waals surface area contributed by atoms with Gasteiger partial charge in [0.1, 0.15) is 12.4 Å². The van der Waals surface area contributed by atoms with Crippen LogP contribution >= 0.6 is 24.0 Å². The Morgan fingerprint density at radius 1 is 1.32 bits per heavy atom. The highest BCUT2D eigenvalue weighted by molar-refractivity contribution is 14.0. The number of ether oxygens (including phenoxy) is 1. The molecule has 0 aliphatic heterocycles. The quantitative estimate of drug-likeness (QED) is 0.314. The molecular weight excluding hydrogens is 403 g/mol. The predicted octanol–water partition coefficient (Wildman–Crippen LogP) is 3.27. The zero-order valence-corrected chi connectivity index (χ0v) is 15.6. The molecule has 22 heavy (non-hydrogen) atoms. The molecule has 1 aromatic rings. The molecule has 126 valence electrons. The van der Waals surface area contributed by atoms with Gasteiger partial charge in [0.05, 0.1) is 6.54 Å². The van der Waals surface area contributed by atoms with Crippen molar-refractivity contribution in [2.24, 2.45) is 4.99 Å². The monoisotopic (exact) mass is 427 g/mol. The van der Waals surface area contributed by atoms with Crippen molar-refractivity contribution >= 4 is 29.9 Å². The zero-order valence-electron chi connectivity index (χ0n) is 13.2. The lowest BCUT2D eigenvalue weighted by Crippen LogP contribution is -2.41. The molecule has 0 aromatic heterocycles. The first kappa shape index (κ1) is 20.9. The predicted molar refractivity (Wildman–Crippen MR) is 96.2 cm³/mol. The number of unbranched alkanes of at least 4 members (excludes halogenated alkanes) is 1. The van der Waals surface area contributed by atoms with Crippen LogP contribution in [0.3, 0.4) is 0 Å². The van der Waals surface area contributed by atoms with E-state index >= 15 is 0 Å². The van der Waals surface area contributed by atoms with E-state index in [1.165, 1.54) is 6.07 Å². The van der Waals surface area contributed by atoms with Gasteiger partial charge < -0.3 is 15.0 Å². The van der Waals surface area contributed by atoms with E-state index in [1.807, 2.05) is 11.9 Å². The number of aliphatic imine (C=N–C) groups is 1. The number of benzene rings is 1. The van der Waals surface area contributed by atoms with E-state index < -0.39 is 11.6 Å². The fraction of sp³-hybridized carbons (Fsp3) is 0.533. The molecule has 0 aliphatic carbocycles. The minimum absolute atomic E-state index is 0. The second-order valence-electron chi connectivity index (χ2n) is 4.67. The lowest BCUT2D eigenvalue weighted by atomic mass is 10.3. The number of rotatable bonds is 7. The highest BCUT2D eigenvalue weighted by atomic mass is 127. The molecule has 0 bridgehead atoms. The molecule has 0 aliphatic rings. The first-order valence-corrected chi connectivity index (χ1v) is 7.08. The van der Waals surface area contributed by atoms with E-state index in [0.29, 0.717) is 18.9 Å². The minimum atomic E-state index is -0.907. The Kier molecular flexibility index (Phi) is 10.9. The van der Waals surface area contributed by atoms with Gasteiger partial charge in [-0.1, -0.05) is 13.3 Å². The van der Waals surface area contributed by atoms with E-state index in [0.717, 1.165) is 37.5 Å². The van der Waals surface area contributed by atoms with E-state index in [-0.39, 0.29) is 24.0 Å². The molecule has 0 heterocycles. The van der Waals surface area contributed by atoms with Crippen molar-refractivity contribution in [1.29, 1.82) is 0 Å². The van der Waals surface area contributed by atoms with Crippen molar-refractivity contribution in [3.63, 3.8) is 0 Å². The number of hydrogen-bond acceptors (Lipinski definition) is 2. The normalized spacial score (nSPS) is 10.9. The number of nitrogens with one attached hydrogen (secondary N) is 1. The van der Waals surface area contributed by atoms with Gasteiger partial charge in [-0.3, -0.25) is 4.99 Å². The third kappa shape index (κ3) is 7.24. The smallest absolute Gasteiger partial charge is 0.193 e. The van der Waals surface area contributed by atoms with Gasteiger partial charge in [0.15, 0.2) is 17.6 Å². The molecule has 4 nitrogen and oxygen atoms in total. The van der Waals surface area contributed by atoms with E-state index in [9.17, 15) is 8.78 Å². The second-order valence-corrected chi connectivity index (χ2v) is 4.67. The van der Waals surface area contributed by atoms with Crippen LogP contribution in [0.5, 0.6) is 5.75 Å². The maximum atomic E-state index is 13.0. The third-order valence-corrected chi connectivity index (χ3v) is 2.97. The van der Waals surface area contributed by atoms with E-state index in [1.54, 1.807) is 7.05 Å². The van der Waals surface area contributed by atoms with Crippen LogP contribution in [0, 0.1) is 11.6 Å².